The number of alkyl halides is 2. The molecule has 0 aromatic carbocycles. The van der Waals surface area contributed by atoms with E-state index in [9.17, 15) is 13.6 Å². The normalized spacial score (nSPS) is 42.0. The fourth-order valence-corrected chi connectivity index (χ4v) is 3.24. The van der Waals surface area contributed by atoms with Gasteiger partial charge in [-0.15, -0.1) is 0 Å². The van der Waals surface area contributed by atoms with Crippen LogP contribution in [0.4, 0.5) is 8.78 Å². The molecule has 102 valence electrons. The zero-order valence-corrected chi connectivity index (χ0v) is 10.2. The summed E-state index contributed by atoms with van der Waals surface area (Å²) >= 11 is 0. The summed E-state index contributed by atoms with van der Waals surface area (Å²) in [6, 6.07) is 0.362. The summed E-state index contributed by atoms with van der Waals surface area (Å²) in [6.45, 7) is 3.64. The Balaban J connectivity index is 1.49. The van der Waals surface area contributed by atoms with Crippen LogP contribution in [0.15, 0.2) is 0 Å². The topological polar surface area (TPSA) is 41.6 Å². The predicted octanol–water partition coefficient (Wildman–Crippen LogP) is 0.621. The van der Waals surface area contributed by atoms with Crippen molar-refractivity contribution in [3.8, 4) is 0 Å². The van der Waals surface area contributed by atoms with Gasteiger partial charge in [0.1, 0.15) is 6.10 Å². The third-order valence-electron chi connectivity index (χ3n) is 4.32. The Kier molecular flexibility index (Phi) is 3.02. The van der Waals surface area contributed by atoms with Crippen molar-refractivity contribution in [2.45, 2.75) is 37.3 Å². The lowest BCUT2D eigenvalue weighted by atomic mass is 9.84. The van der Waals surface area contributed by atoms with E-state index in [0.717, 1.165) is 19.6 Å². The van der Waals surface area contributed by atoms with Gasteiger partial charge in [-0.2, -0.15) is 8.78 Å². The van der Waals surface area contributed by atoms with Gasteiger partial charge in [0, 0.05) is 19.1 Å². The van der Waals surface area contributed by atoms with Crippen molar-refractivity contribution < 1.29 is 18.3 Å². The molecule has 6 heteroatoms. The highest BCUT2D eigenvalue weighted by atomic mass is 19.3. The van der Waals surface area contributed by atoms with E-state index in [2.05, 4.69) is 15.0 Å². The van der Waals surface area contributed by atoms with E-state index in [1.54, 1.807) is 0 Å². The molecular weight excluding hydrogens is 242 g/mol. The van der Waals surface area contributed by atoms with E-state index < -0.39 is 24.4 Å². The maximum atomic E-state index is 13.0. The van der Waals surface area contributed by atoms with Crippen molar-refractivity contribution in [1.29, 1.82) is 0 Å². The van der Waals surface area contributed by atoms with Crippen LogP contribution in [0.3, 0.4) is 0 Å². The number of carbonyl (C=O) groups is 1. The second kappa shape index (κ2) is 4.42. The van der Waals surface area contributed by atoms with Gasteiger partial charge in [-0.1, -0.05) is 0 Å². The first-order chi connectivity index (χ1) is 8.54. The standard InChI is InChI=1S/C12H18F2N2O2/c13-12(14)5-9(18-11(12)17)6-15-10-7-16-3-1-8(10)2-4-16/h8-10,15H,1-7H2. The van der Waals surface area contributed by atoms with Crippen molar-refractivity contribution >= 4 is 5.97 Å². The Morgan fingerprint density at radius 1 is 1.39 bits per heavy atom. The quantitative estimate of drug-likeness (QED) is 0.755. The number of hydrogen-bond donors (Lipinski definition) is 1. The fourth-order valence-electron chi connectivity index (χ4n) is 3.24. The smallest absolute Gasteiger partial charge is 0.377 e. The number of esters is 1. The summed E-state index contributed by atoms with van der Waals surface area (Å²) in [5, 5.41) is 3.30. The van der Waals surface area contributed by atoms with Crippen LogP contribution in [-0.2, 0) is 9.53 Å². The summed E-state index contributed by atoms with van der Waals surface area (Å²) in [5.74, 6) is -4.02. The first kappa shape index (κ1) is 12.3. The molecule has 0 aliphatic carbocycles. The van der Waals surface area contributed by atoms with Crippen LogP contribution in [-0.4, -0.2) is 55.1 Å². The van der Waals surface area contributed by atoms with Crippen molar-refractivity contribution in [1.82, 2.24) is 10.2 Å². The molecule has 4 nitrogen and oxygen atoms in total. The van der Waals surface area contributed by atoms with Crippen LogP contribution >= 0.6 is 0 Å². The van der Waals surface area contributed by atoms with Gasteiger partial charge in [0.15, 0.2) is 0 Å². The third kappa shape index (κ3) is 2.23. The number of ether oxygens (including phenoxy) is 1. The molecule has 2 bridgehead atoms. The summed E-state index contributed by atoms with van der Waals surface area (Å²) in [5.41, 5.74) is 0. The molecule has 0 saturated carbocycles. The number of cyclic esters (lactones) is 1. The fraction of sp³-hybridized carbons (Fsp3) is 0.917. The van der Waals surface area contributed by atoms with Gasteiger partial charge in [0.05, 0.1) is 6.42 Å². The van der Waals surface area contributed by atoms with Gasteiger partial charge in [-0.25, -0.2) is 4.79 Å². The average Bonchev–Trinajstić information content (AvgIpc) is 2.62. The number of nitrogens with zero attached hydrogens (tertiary/aromatic N) is 1. The summed E-state index contributed by atoms with van der Waals surface area (Å²) in [4.78, 5) is 13.3. The first-order valence-corrected chi connectivity index (χ1v) is 6.59. The molecular formula is C12H18F2N2O2. The lowest BCUT2D eigenvalue weighted by molar-refractivity contribution is -0.159. The van der Waals surface area contributed by atoms with E-state index in [1.807, 2.05) is 0 Å². The Labute approximate surface area is 105 Å². The first-order valence-electron chi connectivity index (χ1n) is 6.59. The minimum absolute atomic E-state index is 0.344. The molecule has 0 spiro atoms. The monoisotopic (exact) mass is 260 g/mol. The van der Waals surface area contributed by atoms with Crippen molar-refractivity contribution in [2.75, 3.05) is 26.2 Å². The summed E-state index contributed by atoms with van der Waals surface area (Å²) < 4.78 is 30.7. The van der Waals surface area contributed by atoms with Crippen LogP contribution in [0.2, 0.25) is 0 Å². The molecule has 4 saturated heterocycles. The maximum absolute atomic E-state index is 13.0. The maximum Gasteiger partial charge on any atom is 0.377 e. The lowest BCUT2D eigenvalue weighted by Crippen LogP contribution is -2.57. The van der Waals surface area contributed by atoms with Crippen molar-refractivity contribution in [2.24, 2.45) is 5.92 Å². The number of carbonyl (C=O) groups excluding carboxylic acids is 1. The van der Waals surface area contributed by atoms with E-state index in [4.69, 9.17) is 0 Å². The van der Waals surface area contributed by atoms with Crippen LogP contribution in [0, 0.1) is 5.92 Å². The van der Waals surface area contributed by atoms with Crippen molar-refractivity contribution in [3.63, 3.8) is 0 Å². The molecule has 2 atom stereocenters. The number of fused-ring (bicyclic) bond motifs is 3. The molecule has 2 unspecified atom stereocenters. The number of hydrogen-bond acceptors (Lipinski definition) is 4. The van der Waals surface area contributed by atoms with Gasteiger partial charge >= 0.3 is 11.9 Å². The molecule has 4 aliphatic rings. The Hall–Kier alpha value is -0.750. The number of piperidine rings is 3. The Bertz CT molecular complexity index is 343. The highest BCUT2D eigenvalue weighted by Gasteiger charge is 2.50. The van der Waals surface area contributed by atoms with Gasteiger partial charge in [0.2, 0.25) is 0 Å². The molecule has 4 aliphatic heterocycles. The van der Waals surface area contributed by atoms with Gasteiger partial charge in [0.25, 0.3) is 0 Å². The van der Waals surface area contributed by atoms with E-state index in [0.29, 0.717) is 18.5 Å². The van der Waals surface area contributed by atoms with Crippen molar-refractivity contribution in [3.05, 3.63) is 0 Å². The SMILES string of the molecule is O=C1OC(CNC2CN3CCC2CC3)CC1(F)F. The minimum atomic E-state index is -3.29. The third-order valence-corrected chi connectivity index (χ3v) is 4.32. The van der Waals surface area contributed by atoms with Gasteiger partial charge in [-0.3, -0.25) is 0 Å². The molecule has 18 heavy (non-hydrogen) atoms. The second-order valence-corrected chi connectivity index (χ2v) is 5.59. The molecule has 0 radical (unpaired) electrons. The number of rotatable bonds is 3. The Morgan fingerprint density at radius 2 is 2.11 bits per heavy atom. The zero-order valence-electron chi connectivity index (χ0n) is 10.2. The van der Waals surface area contributed by atoms with Gasteiger partial charge in [-0.05, 0) is 31.8 Å². The van der Waals surface area contributed by atoms with E-state index in [-0.39, 0.29) is 0 Å². The second-order valence-electron chi connectivity index (χ2n) is 5.59. The molecule has 4 rings (SSSR count). The van der Waals surface area contributed by atoms with E-state index in [1.165, 1.54) is 12.8 Å². The van der Waals surface area contributed by atoms with Crippen LogP contribution in [0.1, 0.15) is 19.3 Å². The molecule has 0 amide bonds. The molecule has 1 N–H and O–H groups in total. The molecule has 0 aromatic rings. The minimum Gasteiger partial charge on any atom is -0.456 e. The Morgan fingerprint density at radius 3 is 2.61 bits per heavy atom. The molecule has 4 fully saturated rings. The molecule has 0 aromatic heterocycles. The average molecular weight is 260 g/mol. The summed E-state index contributed by atoms with van der Waals surface area (Å²) in [6.07, 6.45) is 1.19. The summed E-state index contributed by atoms with van der Waals surface area (Å²) in [7, 11) is 0. The lowest BCUT2D eigenvalue weighted by Gasteiger charge is -2.45. The van der Waals surface area contributed by atoms with Gasteiger partial charge < -0.3 is 15.0 Å². The number of halogens is 2. The highest BCUT2D eigenvalue weighted by Crippen LogP contribution is 2.31. The number of nitrogens with one attached hydrogen (secondary N) is 1. The predicted molar refractivity (Wildman–Crippen MR) is 60.4 cm³/mol. The zero-order chi connectivity index (χ0) is 12.8. The molecule has 4 heterocycles. The largest absolute Gasteiger partial charge is 0.456 e. The highest BCUT2D eigenvalue weighted by molar-refractivity contribution is 5.79. The van der Waals surface area contributed by atoms with Crippen LogP contribution in [0.25, 0.3) is 0 Å². The van der Waals surface area contributed by atoms with E-state index >= 15 is 0 Å². The van der Waals surface area contributed by atoms with Crippen LogP contribution in [0.5, 0.6) is 0 Å². The van der Waals surface area contributed by atoms with Crippen LogP contribution < -0.4 is 5.32 Å².